The molecule has 0 spiro atoms. The Labute approximate surface area is 157 Å². The first-order chi connectivity index (χ1) is 12.9. The molecule has 3 rings (SSSR count). The molecule has 27 heavy (non-hydrogen) atoms. The third-order valence-corrected chi connectivity index (χ3v) is 4.80. The molecular weight excluding hydrogens is 350 g/mol. The molecule has 2 heterocycles. The van der Waals surface area contributed by atoms with Crippen molar-refractivity contribution < 1.29 is 23.9 Å². The fourth-order valence-corrected chi connectivity index (χ4v) is 3.47. The van der Waals surface area contributed by atoms with E-state index >= 15 is 0 Å². The summed E-state index contributed by atoms with van der Waals surface area (Å²) in [5.74, 6) is -1.09. The van der Waals surface area contributed by atoms with Crippen molar-refractivity contribution in [1.82, 2.24) is 10.2 Å². The maximum Gasteiger partial charge on any atom is 0.324 e. The van der Waals surface area contributed by atoms with Crippen molar-refractivity contribution in [3.05, 3.63) is 29.8 Å². The number of carbonyl (C=O) groups excluding carboxylic acids is 4. The standard InChI is InChI=1S/C19H23N3O5/c1-12-10-14-6-3-4-7-15(14)22(12)18(25)13(2)27-17(24)8-5-9-21-16(23)11-20-19(21)26/h3-4,6-7,12-13H,5,8-11H2,1-2H3,(H,20,26). The molecule has 1 saturated heterocycles. The predicted octanol–water partition coefficient (Wildman–Crippen LogP) is 1.23. The lowest BCUT2D eigenvalue weighted by Crippen LogP contribution is -2.43. The number of hydrogen-bond acceptors (Lipinski definition) is 5. The van der Waals surface area contributed by atoms with Crippen molar-refractivity contribution in [2.75, 3.05) is 18.0 Å². The summed E-state index contributed by atoms with van der Waals surface area (Å²) in [7, 11) is 0. The number of nitrogens with zero attached hydrogens (tertiary/aromatic N) is 2. The van der Waals surface area contributed by atoms with Crippen LogP contribution in [-0.2, 0) is 25.5 Å². The van der Waals surface area contributed by atoms with E-state index in [1.165, 1.54) is 0 Å². The van der Waals surface area contributed by atoms with Crippen LogP contribution in [0, 0.1) is 0 Å². The van der Waals surface area contributed by atoms with E-state index in [0.717, 1.165) is 22.6 Å². The monoisotopic (exact) mass is 373 g/mol. The van der Waals surface area contributed by atoms with Gasteiger partial charge in [0.25, 0.3) is 5.91 Å². The van der Waals surface area contributed by atoms with Crippen LogP contribution in [0.1, 0.15) is 32.3 Å². The van der Waals surface area contributed by atoms with Crippen molar-refractivity contribution in [2.45, 2.75) is 45.3 Å². The summed E-state index contributed by atoms with van der Waals surface area (Å²) in [6.45, 7) is 3.67. The Morgan fingerprint density at radius 2 is 2.04 bits per heavy atom. The largest absolute Gasteiger partial charge is 0.453 e. The van der Waals surface area contributed by atoms with Crippen molar-refractivity contribution in [3.63, 3.8) is 0 Å². The van der Waals surface area contributed by atoms with Crippen molar-refractivity contribution in [1.29, 1.82) is 0 Å². The number of para-hydroxylation sites is 1. The van der Waals surface area contributed by atoms with E-state index in [0.29, 0.717) is 6.42 Å². The summed E-state index contributed by atoms with van der Waals surface area (Å²) in [4.78, 5) is 50.5. The molecule has 4 amide bonds. The van der Waals surface area contributed by atoms with Gasteiger partial charge in [0, 0.05) is 24.7 Å². The second kappa shape index (κ2) is 7.77. The second-order valence-electron chi connectivity index (χ2n) is 6.83. The zero-order chi connectivity index (χ0) is 19.6. The van der Waals surface area contributed by atoms with E-state index in [1.807, 2.05) is 31.2 Å². The number of carbonyl (C=O) groups is 4. The zero-order valence-electron chi connectivity index (χ0n) is 15.4. The van der Waals surface area contributed by atoms with Gasteiger partial charge < -0.3 is 15.0 Å². The molecule has 2 aliphatic heterocycles. The summed E-state index contributed by atoms with van der Waals surface area (Å²) in [6, 6.07) is 7.27. The number of ether oxygens (including phenoxy) is 1. The van der Waals surface area contributed by atoms with E-state index < -0.39 is 18.1 Å². The highest BCUT2D eigenvalue weighted by molar-refractivity contribution is 6.02. The molecule has 1 N–H and O–H groups in total. The highest BCUT2D eigenvalue weighted by Crippen LogP contribution is 2.32. The minimum absolute atomic E-state index is 0.00961. The van der Waals surface area contributed by atoms with E-state index in [-0.39, 0.29) is 37.4 Å². The Hall–Kier alpha value is -2.90. The number of esters is 1. The molecule has 2 atom stereocenters. The molecule has 1 aromatic rings. The van der Waals surface area contributed by atoms with Crippen LogP contribution in [0.25, 0.3) is 0 Å². The van der Waals surface area contributed by atoms with Gasteiger partial charge in [-0.3, -0.25) is 19.3 Å². The van der Waals surface area contributed by atoms with Gasteiger partial charge in [0.2, 0.25) is 5.91 Å². The first-order valence-corrected chi connectivity index (χ1v) is 9.07. The maximum atomic E-state index is 12.8. The SMILES string of the molecule is CC(OC(=O)CCCN1C(=O)CNC1=O)C(=O)N1c2ccccc2CC1C. The number of anilines is 1. The molecule has 0 aromatic heterocycles. The Bertz CT molecular complexity index is 762. The number of nitrogens with one attached hydrogen (secondary N) is 1. The average Bonchev–Trinajstić information content (AvgIpc) is 3.13. The molecule has 0 aliphatic carbocycles. The lowest BCUT2D eigenvalue weighted by molar-refractivity contribution is -0.154. The Morgan fingerprint density at radius 3 is 2.74 bits per heavy atom. The number of urea groups is 1. The van der Waals surface area contributed by atoms with E-state index in [2.05, 4.69) is 5.32 Å². The first-order valence-electron chi connectivity index (χ1n) is 9.07. The molecular formula is C19H23N3O5. The number of fused-ring (bicyclic) bond motifs is 1. The second-order valence-corrected chi connectivity index (χ2v) is 6.83. The molecule has 0 saturated carbocycles. The maximum absolute atomic E-state index is 12.8. The molecule has 2 aliphatic rings. The predicted molar refractivity (Wildman–Crippen MR) is 97.0 cm³/mol. The van der Waals surface area contributed by atoms with Crippen LogP contribution >= 0.6 is 0 Å². The van der Waals surface area contributed by atoms with Gasteiger partial charge in [-0.2, -0.15) is 0 Å². The fraction of sp³-hybridized carbons (Fsp3) is 0.474. The van der Waals surface area contributed by atoms with Gasteiger partial charge in [-0.15, -0.1) is 0 Å². The molecule has 144 valence electrons. The number of rotatable bonds is 6. The van der Waals surface area contributed by atoms with Crippen LogP contribution in [0.5, 0.6) is 0 Å². The van der Waals surface area contributed by atoms with E-state index in [9.17, 15) is 19.2 Å². The third kappa shape index (κ3) is 3.94. The molecule has 8 nitrogen and oxygen atoms in total. The summed E-state index contributed by atoms with van der Waals surface area (Å²) < 4.78 is 5.27. The van der Waals surface area contributed by atoms with Gasteiger partial charge in [0.15, 0.2) is 6.10 Å². The van der Waals surface area contributed by atoms with Crippen LogP contribution in [0.15, 0.2) is 24.3 Å². The Kier molecular flexibility index (Phi) is 5.43. The van der Waals surface area contributed by atoms with Gasteiger partial charge in [-0.05, 0) is 38.3 Å². The molecule has 1 fully saturated rings. The number of benzene rings is 1. The summed E-state index contributed by atoms with van der Waals surface area (Å²) in [5, 5.41) is 2.42. The zero-order valence-corrected chi connectivity index (χ0v) is 15.4. The van der Waals surface area contributed by atoms with Crippen LogP contribution < -0.4 is 10.2 Å². The van der Waals surface area contributed by atoms with Gasteiger partial charge in [-0.25, -0.2) is 4.79 Å². The fourth-order valence-electron chi connectivity index (χ4n) is 3.47. The van der Waals surface area contributed by atoms with E-state index in [1.54, 1.807) is 11.8 Å². The molecule has 2 unspecified atom stereocenters. The highest BCUT2D eigenvalue weighted by Gasteiger charge is 2.34. The van der Waals surface area contributed by atoms with Crippen LogP contribution in [-0.4, -0.2) is 54.0 Å². The normalized spacial score (nSPS) is 19.7. The lowest BCUT2D eigenvalue weighted by atomic mass is 10.1. The number of amides is 4. The average molecular weight is 373 g/mol. The minimum atomic E-state index is -0.900. The third-order valence-electron chi connectivity index (χ3n) is 4.80. The van der Waals surface area contributed by atoms with Crippen molar-refractivity contribution in [2.24, 2.45) is 0 Å². The molecule has 0 radical (unpaired) electrons. The summed E-state index contributed by atoms with van der Waals surface area (Å²) in [6.07, 6.45) is 0.194. The van der Waals surface area contributed by atoms with Crippen LogP contribution in [0.4, 0.5) is 10.5 Å². The van der Waals surface area contributed by atoms with E-state index in [4.69, 9.17) is 4.74 Å². The Morgan fingerprint density at radius 1 is 1.30 bits per heavy atom. The highest BCUT2D eigenvalue weighted by atomic mass is 16.5. The Balaban J connectivity index is 1.50. The van der Waals surface area contributed by atoms with Crippen LogP contribution in [0.3, 0.4) is 0 Å². The number of hydrogen-bond donors (Lipinski definition) is 1. The minimum Gasteiger partial charge on any atom is -0.453 e. The first kappa shape index (κ1) is 18.9. The topological polar surface area (TPSA) is 96.0 Å². The van der Waals surface area contributed by atoms with Gasteiger partial charge >= 0.3 is 12.0 Å². The lowest BCUT2D eigenvalue weighted by Gasteiger charge is -2.26. The molecule has 8 heteroatoms. The quantitative estimate of drug-likeness (QED) is 0.598. The van der Waals surface area contributed by atoms with Crippen LogP contribution in [0.2, 0.25) is 0 Å². The molecule has 0 bridgehead atoms. The van der Waals surface area contributed by atoms with Crippen molar-refractivity contribution >= 4 is 29.5 Å². The number of imide groups is 1. The van der Waals surface area contributed by atoms with Crippen molar-refractivity contribution in [3.8, 4) is 0 Å². The van der Waals surface area contributed by atoms with Gasteiger partial charge in [-0.1, -0.05) is 18.2 Å². The smallest absolute Gasteiger partial charge is 0.324 e. The summed E-state index contributed by atoms with van der Waals surface area (Å²) >= 11 is 0. The molecule has 1 aromatic carbocycles. The summed E-state index contributed by atoms with van der Waals surface area (Å²) in [5.41, 5.74) is 1.96. The van der Waals surface area contributed by atoms with Gasteiger partial charge in [0.05, 0.1) is 6.54 Å². The van der Waals surface area contributed by atoms with Gasteiger partial charge in [0.1, 0.15) is 0 Å².